The number of carbonyl (C=O) groups is 1. The average molecular weight is 310 g/mol. The Hall–Kier alpha value is -2.33. The Morgan fingerprint density at radius 3 is 3.00 bits per heavy atom. The van der Waals surface area contributed by atoms with Gasteiger partial charge in [-0.15, -0.1) is 0 Å². The van der Waals surface area contributed by atoms with Crippen molar-refractivity contribution in [1.82, 2.24) is 5.32 Å². The number of ether oxygens (including phenoxy) is 1. The lowest BCUT2D eigenvalue weighted by molar-refractivity contribution is -0.116. The number of amides is 1. The van der Waals surface area contributed by atoms with E-state index < -0.39 is 0 Å². The van der Waals surface area contributed by atoms with E-state index in [1.807, 2.05) is 37.3 Å². The van der Waals surface area contributed by atoms with Crippen molar-refractivity contribution in [2.75, 3.05) is 18.5 Å². The molecule has 23 heavy (non-hydrogen) atoms. The van der Waals surface area contributed by atoms with Gasteiger partial charge in [-0.2, -0.15) is 0 Å². The summed E-state index contributed by atoms with van der Waals surface area (Å²) in [6, 6.07) is 14.0. The molecule has 0 spiro atoms. The lowest BCUT2D eigenvalue weighted by Crippen LogP contribution is -2.24. The summed E-state index contributed by atoms with van der Waals surface area (Å²) >= 11 is 0. The highest BCUT2D eigenvalue weighted by Crippen LogP contribution is 2.19. The molecule has 0 fully saturated rings. The van der Waals surface area contributed by atoms with Crippen LogP contribution in [0.5, 0.6) is 5.75 Å². The van der Waals surface area contributed by atoms with Crippen molar-refractivity contribution >= 4 is 11.6 Å². The standard InChI is InChI=1S/C19H22N2O2/c1-14-3-2-4-18(11-14)23-10-8-19(22)21-17-6-5-15-7-9-20-13-16(15)12-17/h2-6,11-12,20H,7-10,13H2,1H3,(H,21,22). The van der Waals surface area contributed by atoms with E-state index in [0.29, 0.717) is 13.0 Å². The molecule has 0 atom stereocenters. The summed E-state index contributed by atoms with van der Waals surface area (Å²) in [4.78, 5) is 12.0. The third-order valence-corrected chi connectivity index (χ3v) is 3.96. The first-order valence-corrected chi connectivity index (χ1v) is 8.02. The van der Waals surface area contributed by atoms with E-state index in [0.717, 1.165) is 36.5 Å². The van der Waals surface area contributed by atoms with Crippen molar-refractivity contribution in [3.05, 3.63) is 59.2 Å². The maximum atomic E-state index is 12.0. The fourth-order valence-electron chi connectivity index (χ4n) is 2.75. The normalized spacial score (nSPS) is 13.3. The van der Waals surface area contributed by atoms with Crippen LogP contribution in [-0.4, -0.2) is 19.1 Å². The summed E-state index contributed by atoms with van der Waals surface area (Å²) in [6.07, 6.45) is 1.39. The van der Waals surface area contributed by atoms with Crippen molar-refractivity contribution in [3.8, 4) is 5.75 Å². The number of rotatable bonds is 5. The predicted octanol–water partition coefficient (Wildman–Crippen LogP) is 3.05. The molecule has 120 valence electrons. The minimum atomic E-state index is -0.0265. The van der Waals surface area contributed by atoms with Gasteiger partial charge in [0.05, 0.1) is 13.0 Å². The molecule has 1 aliphatic rings. The number of anilines is 1. The second-order valence-electron chi connectivity index (χ2n) is 5.87. The van der Waals surface area contributed by atoms with E-state index in [2.05, 4.69) is 22.8 Å². The molecule has 0 aromatic heterocycles. The third-order valence-electron chi connectivity index (χ3n) is 3.96. The average Bonchev–Trinajstić information content (AvgIpc) is 2.55. The Kier molecular flexibility index (Phi) is 4.93. The SMILES string of the molecule is Cc1cccc(OCCC(=O)Nc2ccc3c(c2)CNCC3)c1. The van der Waals surface area contributed by atoms with Gasteiger partial charge in [-0.1, -0.05) is 18.2 Å². The lowest BCUT2D eigenvalue weighted by Gasteiger charge is -2.18. The van der Waals surface area contributed by atoms with E-state index in [1.165, 1.54) is 11.1 Å². The maximum Gasteiger partial charge on any atom is 0.227 e. The quantitative estimate of drug-likeness (QED) is 0.892. The first kappa shape index (κ1) is 15.6. The Balaban J connectivity index is 1.49. The molecule has 0 unspecified atom stereocenters. The second-order valence-corrected chi connectivity index (χ2v) is 5.87. The smallest absolute Gasteiger partial charge is 0.227 e. The summed E-state index contributed by atoms with van der Waals surface area (Å²) in [7, 11) is 0. The molecular weight excluding hydrogens is 288 g/mol. The van der Waals surface area contributed by atoms with E-state index in [-0.39, 0.29) is 5.91 Å². The monoisotopic (exact) mass is 310 g/mol. The van der Waals surface area contributed by atoms with Gasteiger partial charge in [-0.3, -0.25) is 4.79 Å². The minimum Gasteiger partial charge on any atom is -0.493 e. The van der Waals surface area contributed by atoms with Gasteiger partial charge in [0.1, 0.15) is 5.75 Å². The number of aryl methyl sites for hydroxylation is 1. The van der Waals surface area contributed by atoms with Gasteiger partial charge in [0, 0.05) is 12.2 Å². The molecule has 0 saturated carbocycles. The van der Waals surface area contributed by atoms with Crippen LogP contribution in [0.2, 0.25) is 0 Å². The molecule has 3 rings (SSSR count). The molecule has 2 aromatic rings. The van der Waals surface area contributed by atoms with Crippen molar-refractivity contribution in [2.45, 2.75) is 26.3 Å². The van der Waals surface area contributed by atoms with Crippen LogP contribution in [-0.2, 0) is 17.8 Å². The van der Waals surface area contributed by atoms with E-state index in [4.69, 9.17) is 4.74 Å². The van der Waals surface area contributed by atoms with Gasteiger partial charge in [-0.05, 0) is 60.8 Å². The Morgan fingerprint density at radius 2 is 2.13 bits per heavy atom. The van der Waals surface area contributed by atoms with Crippen molar-refractivity contribution in [1.29, 1.82) is 0 Å². The minimum absolute atomic E-state index is 0.0265. The summed E-state index contributed by atoms with van der Waals surface area (Å²) in [6.45, 7) is 4.29. The molecule has 1 aliphatic heterocycles. The van der Waals surface area contributed by atoms with Crippen LogP contribution < -0.4 is 15.4 Å². The lowest BCUT2D eigenvalue weighted by atomic mass is 10.0. The van der Waals surface area contributed by atoms with Crippen molar-refractivity contribution < 1.29 is 9.53 Å². The van der Waals surface area contributed by atoms with Gasteiger partial charge >= 0.3 is 0 Å². The highest BCUT2D eigenvalue weighted by atomic mass is 16.5. The first-order chi connectivity index (χ1) is 11.2. The van der Waals surface area contributed by atoms with Crippen LogP contribution in [0, 0.1) is 6.92 Å². The summed E-state index contributed by atoms with van der Waals surface area (Å²) in [5, 5.41) is 6.29. The van der Waals surface area contributed by atoms with Crippen LogP contribution >= 0.6 is 0 Å². The van der Waals surface area contributed by atoms with Crippen LogP contribution in [0.25, 0.3) is 0 Å². The zero-order valence-electron chi connectivity index (χ0n) is 13.4. The van der Waals surface area contributed by atoms with E-state index in [1.54, 1.807) is 0 Å². The molecule has 1 amide bonds. The summed E-state index contributed by atoms with van der Waals surface area (Å²) in [5.41, 5.74) is 4.64. The number of hydrogen-bond donors (Lipinski definition) is 2. The molecule has 0 bridgehead atoms. The molecular formula is C19H22N2O2. The first-order valence-electron chi connectivity index (χ1n) is 8.02. The van der Waals surface area contributed by atoms with Crippen LogP contribution in [0.15, 0.2) is 42.5 Å². The van der Waals surface area contributed by atoms with E-state index in [9.17, 15) is 4.79 Å². The van der Waals surface area contributed by atoms with Gasteiger partial charge in [0.2, 0.25) is 5.91 Å². The molecule has 0 radical (unpaired) electrons. The molecule has 0 aliphatic carbocycles. The van der Waals surface area contributed by atoms with Crippen LogP contribution in [0.3, 0.4) is 0 Å². The zero-order valence-corrected chi connectivity index (χ0v) is 13.4. The number of fused-ring (bicyclic) bond motifs is 1. The third kappa shape index (κ3) is 4.33. The Morgan fingerprint density at radius 1 is 1.22 bits per heavy atom. The molecule has 2 N–H and O–H groups in total. The zero-order chi connectivity index (χ0) is 16.1. The Bertz CT molecular complexity index is 698. The van der Waals surface area contributed by atoms with Crippen LogP contribution in [0.4, 0.5) is 5.69 Å². The Labute approximate surface area is 136 Å². The fourth-order valence-corrected chi connectivity index (χ4v) is 2.75. The molecule has 0 saturated heterocycles. The predicted molar refractivity (Wildman–Crippen MR) is 91.8 cm³/mol. The molecule has 1 heterocycles. The van der Waals surface area contributed by atoms with Gasteiger partial charge in [0.25, 0.3) is 0 Å². The van der Waals surface area contributed by atoms with Gasteiger partial charge in [-0.25, -0.2) is 0 Å². The van der Waals surface area contributed by atoms with Crippen LogP contribution in [0.1, 0.15) is 23.1 Å². The van der Waals surface area contributed by atoms with E-state index >= 15 is 0 Å². The number of carbonyl (C=O) groups excluding carboxylic acids is 1. The summed E-state index contributed by atoms with van der Waals surface area (Å²) < 4.78 is 5.61. The fraction of sp³-hybridized carbons (Fsp3) is 0.316. The van der Waals surface area contributed by atoms with Crippen molar-refractivity contribution in [2.24, 2.45) is 0 Å². The number of benzene rings is 2. The summed E-state index contributed by atoms with van der Waals surface area (Å²) in [5.74, 6) is 0.777. The molecule has 2 aromatic carbocycles. The number of nitrogens with one attached hydrogen (secondary N) is 2. The largest absolute Gasteiger partial charge is 0.493 e. The van der Waals surface area contributed by atoms with Gasteiger partial charge < -0.3 is 15.4 Å². The number of hydrogen-bond acceptors (Lipinski definition) is 3. The molecule has 4 nitrogen and oxygen atoms in total. The molecule has 4 heteroatoms. The maximum absolute atomic E-state index is 12.0. The topological polar surface area (TPSA) is 50.4 Å². The second kappa shape index (κ2) is 7.29. The highest BCUT2D eigenvalue weighted by molar-refractivity contribution is 5.90. The van der Waals surface area contributed by atoms with Gasteiger partial charge in [0.15, 0.2) is 0 Å². The highest BCUT2D eigenvalue weighted by Gasteiger charge is 2.10. The van der Waals surface area contributed by atoms with Crippen molar-refractivity contribution in [3.63, 3.8) is 0 Å².